The van der Waals surface area contributed by atoms with Gasteiger partial charge in [0.2, 0.25) is 5.91 Å². The zero-order chi connectivity index (χ0) is 29.6. The zero-order valence-electron chi connectivity index (χ0n) is 24.7. The van der Waals surface area contributed by atoms with Crippen molar-refractivity contribution in [3.05, 3.63) is 89.0 Å². The number of hydrogen-bond acceptors (Lipinski definition) is 6. The van der Waals surface area contributed by atoms with Crippen molar-refractivity contribution >= 4 is 23.3 Å². The minimum absolute atomic E-state index is 0.0140. The van der Waals surface area contributed by atoms with E-state index in [9.17, 15) is 9.59 Å². The van der Waals surface area contributed by atoms with Crippen LogP contribution in [0.1, 0.15) is 42.0 Å². The topological polar surface area (TPSA) is 95.5 Å². The zero-order valence-corrected chi connectivity index (χ0v) is 24.7. The van der Waals surface area contributed by atoms with Crippen LogP contribution in [0.25, 0.3) is 0 Å². The van der Waals surface area contributed by atoms with Crippen molar-refractivity contribution in [3.8, 4) is 11.5 Å². The monoisotopic (exact) mass is 569 g/mol. The number of anilines is 1. The number of fused-ring (bicyclic) bond motifs is 1. The van der Waals surface area contributed by atoms with Gasteiger partial charge in [-0.3, -0.25) is 9.69 Å². The van der Waals surface area contributed by atoms with E-state index >= 15 is 0 Å². The first-order chi connectivity index (χ1) is 20.4. The third kappa shape index (κ3) is 6.41. The summed E-state index contributed by atoms with van der Waals surface area (Å²) < 4.78 is 11.1. The summed E-state index contributed by atoms with van der Waals surface area (Å²) in [5, 5.41) is 12.1. The number of nitrogens with zero attached hydrogens (tertiary/aromatic N) is 3. The Balaban J connectivity index is 1.32. The molecule has 1 saturated heterocycles. The third-order valence-electron chi connectivity index (χ3n) is 8.06. The summed E-state index contributed by atoms with van der Waals surface area (Å²) in [7, 11) is 4.80. The number of hydrazone groups is 1. The van der Waals surface area contributed by atoms with Gasteiger partial charge in [0.15, 0.2) is 11.5 Å². The fraction of sp³-hybridized carbons (Fsp3) is 0.364. The number of methoxy groups -OCH3 is 2. The second-order valence-electron chi connectivity index (χ2n) is 10.9. The molecule has 3 aromatic carbocycles. The Labute approximate surface area is 247 Å². The largest absolute Gasteiger partial charge is 0.493 e. The van der Waals surface area contributed by atoms with E-state index in [0.717, 1.165) is 54.9 Å². The molecule has 42 heavy (non-hydrogen) atoms. The van der Waals surface area contributed by atoms with Gasteiger partial charge < -0.3 is 20.1 Å². The number of carbonyl (C=O) groups excluding carboxylic acids is 2. The summed E-state index contributed by atoms with van der Waals surface area (Å²) in [6.07, 6.45) is 2.26. The smallest absolute Gasteiger partial charge is 0.337 e. The van der Waals surface area contributed by atoms with Gasteiger partial charge in [-0.1, -0.05) is 42.5 Å². The first kappa shape index (κ1) is 29.1. The van der Waals surface area contributed by atoms with Gasteiger partial charge in [-0.15, -0.1) is 0 Å². The van der Waals surface area contributed by atoms with E-state index in [1.54, 1.807) is 21.3 Å². The molecule has 1 unspecified atom stereocenters. The summed E-state index contributed by atoms with van der Waals surface area (Å²) >= 11 is 0. The quantitative estimate of drug-likeness (QED) is 0.422. The number of urea groups is 1. The van der Waals surface area contributed by atoms with Gasteiger partial charge >= 0.3 is 6.03 Å². The molecule has 0 spiro atoms. The first-order valence-electron chi connectivity index (χ1n) is 14.4. The molecule has 9 heteroatoms. The van der Waals surface area contributed by atoms with Gasteiger partial charge in [-0.05, 0) is 74.7 Å². The number of hydrogen-bond donors (Lipinski definition) is 2. The molecule has 3 amide bonds. The van der Waals surface area contributed by atoms with Crippen LogP contribution in [-0.4, -0.2) is 68.0 Å². The Hall–Kier alpha value is -4.37. The van der Waals surface area contributed by atoms with Crippen LogP contribution in [0.3, 0.4) is 0 Å². The van der Waals surface area contributed by atoms with Crippen molar-refractivity contribution in [2.45, 2.75) is 38.8 Å². The summed E-state index contributed by atoms with van der Waals surface area (Å²) in [5.41, 5.74) is 5.35. The second-order valence-corrected chi connectivity index (χ2v) is 10.9. The number of rotatable bonds is 7. The molecule has 1 fully saturated rings. The molecular formula is C33H39N5O4. The fourth-order valence-corrected chi connectivity index (χ4v) is 5.70. The number of nitrogens with one attached hydrogen (secondary N) is 2. The lowest BCUT2D eigenvalue weighted by Crippen LogP contribution is -2.41. The van der Waals surface area contributed by atoms with Crippen LogP contribution in [0.5, 0.6) is 11.5 Å². The Kier molecular flexibility index (Phi) is 9.07. The van der Waals surface area contributed by atoms with Crippen LogP contribution in [0.4, 0.5) is 10.5 Å². The van der Waals surface area contributed by atoms with Crippen LogP contribution < -0.4 is 20.1 Å². The molecule has 2 aliphatic rings. The van der Waals surface area contributed by atoms with Crippen molar-refractivity contribution < 1.29 is 19.1 Å². The standard InChI is InChI=1S/C33H39N5O4/c1-22-18-26-19-29(41-3)30(42-4)20-28(26)31(36-38(22)33(40)34-2)24-10-12-27(13-11-24)35-32(39)25-14-16-37(17-15-25)21-23-8-6-5-7-9-23/h5-13,19-20,22,25H,14-18,21H2,1-4H3,(H,34,40)(H,35,39). The summed E-state index contributed by atoms with van der Waals surface area (Å²) in [6, 6.07) is 21.5. The normalized spacial score (nSPS) is 17.5. The molecule has 9 nitrogen and oxygen atoms in total. The highest BCUT2D eigenvalue weighted by atomic mass is 16.5. The number of benzene rings is 3. The molecule has 0 saturated carbocycles. The van der Waals surface area contributed by atoms with Crippen molar-refractivity contribution in [3.63, 3.8) is 0 Å². The molecule has 2 N–H and O–H groups in total. The highest BCUT2D eigenvalue weighted by Crippen LogP contribution is 2.35. The van der Waals surface area contributed by atoms with Gasteiger partial charge in [-0.25, -0.2) is 9.80 Å². The maximum atomic E-state index is 13.1. The Bertz CT molecular complexity index is 1430. The molecule has 220 valence electrons. The molecule has 0 bridgehead atoms. The van der Waals surface area contributed by atoms with Crippen molar-refractivity contribution in [2.75, 3.05) is 39.7 Å². The molecule has 3 aromatic rings. The third-order valence-corrected chi connectivity index (χ3v) is 8.06. The van der Waals surface area contributed by atoms with Crippen LogP contribution >= 0.6 is 0 Å². The van der Waals surface area contributed by atoms with Gasteiger partial charge in [0, 0.05) is 36.3 Å². The highest BCUT2D eigenvalue weighted by Gasteiger charge is 2.29. The van der Waals surface area contributed by atoms with E-state index in [1.165, 1.54) is 10.6 Å². The van der Waals surface area contributed by atoms with E-state index in [2.05, 4.69) is 39.8 Å². The number of amides is 3. The average Bonchev–Trinajstić information content (AvgIpc) is 3.16. The SMILES string of the molecule is CNC(=O)N1N=C(c2ccc(NC(=O)C3CCN(Cc4ccccc4)CC3)cc2)c2cc(OC)c(OC)cc2CC1C. The second kappa shape index (κ2) is 13.1. The maximum Gasteiger partial charge on any atom is 0.337 e. The number of ether oxygens (including phenoxy) is 2. The van der Waals surface area contributed by atoms with Crippen molar-refractivity contribution in [1.82, 2.24) is 15.2 Å². The molecule has 0 radical (unpaired) electrons. The predicted octanol–water partition coefficient (Wildman–Crippen LogP) is 4.89. The van der Waals surface area contributed by atoms with Crippen LogP contribution in [0.2, 0.25) is 0 Å². The average molecular weight is 570 g/mol. The van der Waals surface area contributed by atoms with Gasteiger partial charge in [0.1, 0.15) is 0 Å². The molecule has 1 atom stereocenters. The van der Waals surface area contributed by atoms with Gasteiger partial charge in [0.05, 0.1) is 26.0 Å². The van der Waals surface area contributed by atoms with Crippen LogP contribution in [-0.2, 0) is 17.8 Å². The summed E-state index contributed by atoms with van der Waals surface area (Å²) in [4.78, 5) is 28.3. The molecule has 0 aliphatic carbocycles. The van der Waals surface area contributed by atoms with E-state index < -0.39 is 0 Å². The van der Waals surface area contributed by atoms with Crippen molar-refractivity contribution in [2.24, 2.45) is 11.0 Å². The molecular weight excluding hydrogens is 530 g/mol. The van der Waals surface area contributed by atoms with Crippen LogP contribution in [0, 0.1) is 5.92 Å². The molecule has 2 aliphatic heterocycles. The van der Waals surface area contributed by atoms with E-state index in [0.29, 0.717) is 23.6 Å². The number of piperidine rings is 1. The van der Waals surface area contributed by atoms with E-state index in [-0.39, 0.29) is 23.9 Å². The summed E-state index contributed by atoms with van der Waals surface area (Å²) in [5.74, 6) is 1.25. The van der Waals surface area contributed by atoms with E-state index in [4.69, 9.17) is 14.6 Å². The summed E-state index contributed by atoms with van der Waals surface area (Å²) in [6.45, 7) is 4.69. The lowest BCUT2D eigenvalue weighted by Gasteiger charge is -2.31. The highest BCUT2D eigenvalue weighted by molar-refractivity contribution is 6.14. The lowest BCUT2D eigenvalue weighted by atomic mass is 9.93. The number of carbonyl (C=O) groups is 2. The Morgan fingerprint density at radius 1 is 0.952 bits per heavy atom. The number of likely N-dealkylation sites (tertiary alicyclic amines) is 1. The van der Waals surface area contributed by atoms with Gasteiger partial charge in [-0.2, -0.15) is 5.10 Å². The minimum Gasteiger partial charge on any atom is -0.493 e. The van der Waals surface area contributed by atoms with Crippen molar-refractivity contribution in [1.29, 1.82) is 0 Å². The Morgan fingerprint density at radius 2 is 1.62 bits per heavy atom. The molecule has 2 heterocycles. The molecule has 0 aromatic heterocycles. The molecule has 5 rings (SSSR count). The maximum absolute atomic E-state index is 13.1. The first-order valence-corrected chi connectivity index (χ1v) is 14.4. The van der Waals surface area contributed by atoms with E-state index in [1.807, 2.05) is 49.4 Å². The lowest BCUT2D eigenvalue weighted by molar-refractivity contribution is -0.121. The Morgan fingerprint density at radius 3 is 2.26 bits per heavy atom. The fourth-order valence-electron chi connectivity index (χ4n) is 5.70. The predicted molar refractivity (Wildman–Crippen MR) is 164 cm³/mol. The van der Waals surface area contributed by atoms with Gasteiger partial charge in [0.25, 0.3) is 0 Å². The van der Waals surface area contributed by atoms with Crippen LogP contribution in [0.15, 0.2) is 71.8 Å². The minimum atomic E-state index is -0.287.